The van der Waals surface area contributed by atoms with Gasteiger partial charge in [-0.1, -0.05) is 33.6 Å². The molecule has 0 saturated heterocycles. The van der Waals surface area contributed by atoms with Crippen LogP contribution in [-0.4, -0.2) is 19.5 Å². The lowest BCUT2D eigenvalue weighted by Gasteiger charge is -2.02. The van der Waals surface area contributed by atoms with Gasteiger partial charge in [0.25, 0.3) is 0 Å². The largest absolute Gasteiger partial charge is 0.224 e. The van der Waals surface area contributed by atoms with Gasteiger partial charge in [-0.25, -0.2) is 8.42 Å². The van der Waals surface area contributed by atoms with Gasteiger partial charge in [-0.05, 0) is 24.6 Å². The van der Waals surface area contributed by atoms with E-state index in [2.05, 4.69) is 15.9 Å². The van der Waals surface area contributed by atoms with Gasteiger partial charge in [-0.15, -0.1) is 0 Å². The highest BCUT2D eigenvalue weighted by atomic mass is 79.9. The second kappa shape index (κ2) is 5.14. The van der Waals surface area contributed by atoms with Crippen molar-refractivity contribution in [3.05, 3.63) is 29.3 Å². The zero-order valence-electron chi connectivity index (χ0n) is 7.41. The maximum absolute atomic E-state index is 11.7. The van der Waals surface area contributed by atoms with Crippen molar-refractivity contribution in [1.82, 2.24) is 0 Å². The van der Waals surface area contributed by atoms with Gasteiger partial charge in [-0.2, -0.15) is 0 Å². The first kappa shape index (κ1) is 12.0. The molecule has 0 aliphatic carbocycles. The van der Waals surface area contributed by atoms with E-state index in [1.165, 1.54) is 6.07 Å². The molecule has 0 bridgehead atoms. The topological polar surface area (TPSA) is 34.1 Å². The molecule has 0 heterocycles. The van der Waals surface area contributed by atoms with Crippen LogP contribution in [0.25, 0.3) is 0 Å². The summed E-state index contributed by atoms with van der Waals surface area (Å²) in [4.78, 5) is 0.297. The number of benzene rings is 1. The molecule has 0 radical (unpaired) electrons. The molecule has 1 rings (SSSR count). The highest BCUT2D eigenvalue weighted by Crippen LogP contribution is 2.17. The highest BCUT2D eigenvalue weighted by Gasteiger charge is 2.13. The molecule has 0 fully saturated rings. The van der Waals surface area contributed by atoms with Gasteiger partial charge in [0.15, 0.2) is 9.84 Å². The molecule has 0 saturated carbocycles. The fraction of sp³-hybridized carbons (Fsp3) is 0.333. The second-order valence-corrected chi connectivity index (χ2v) is 6.16. The molecule has 0 aliphatic rings. The highest BCUT2D eigenvalue weighted by molar-refractivity contribution is 9.09. The van der Waals surface area contributed by atoms with E-state index in [4.69, 9.17) is 11.6 Å². The van der Waals surface area contributed by atoms with Gasteiger partial charge in [0.05, 0.1) is 10.6 Å². The third kappa shape index (κ3) is 3.26. The van der Waals surface area contributed by atoms with E-state index >= 15 is 0 Å². The molecule has 2 nitrogen and oxygen atoms in total. The van der Waals surface area contributed by atoms with Crippen molar-refractivity contribution in [3.8, 4) is 0 Å². The quantitative estimate of drug-likeness (QED) is 0.801. The fourth-order valence-electron chi connectivity index (χ4n) is 1.02. The minimum atomic E-state index is -3.16. The first-order chi connectivity index (χ1) is 6.56. The fourth-order valence-corrected chi connectivity index (χ4v) is 3.28. The number of halogens is 2. The first-order valence-electron chi connectivity index (χ1n) is 4.10. The van der Waals surface area contributed by atoms with E-state index in [1.54, 1.807) is 18.2 Å². The lowest BCUT2D eigenvalue weighted by molar-refractivity contribution is 0.595. The predicted molar refractivity (Wildman–Crippen MR) is 61.9 cm³/mol. The van der Waals surface area contributed by atoms with E-state index in [-0.39, 0.29) is 5.75 Å². The van der Waals surface area contributed by atoms with Crippen LogP contribution < -0.4 is 0 Å². The Hall–Kier alpha value is -0.0600. The third-order valence-electron chi connectivity index (χ3n) is 1.70. The molecule has 5 heteroatoms. The Morgan fingerprint density at radius 2 is 2.07 bits per heavy atom. The van der Waals surface area contributed by atoms with Crippen molar-refractivity contribution in [2.75, 3.05) is 11.1 Å². The summed E-state index contributed by atoms with van der Waals surface area (Å²) in [6.45, 7) is 0. The van der Waals surface area contributed by atoms with Crippen molar-refractivity contribution in [2.45, 2.75) is 11.3 Å². The minimum Gasteiger partial charge on any atom is -0.224 e. The van der Waals surface area contributed by atoms with E-state index in [1.807, 2.05) is 0 Å². The van der Waals surface area contributed by atoms with Gasteiger partial charge < -0.3 is 0 Å². The van der Waals surface area contributed by atoms with Gasteiger partial charge in [0.1, 0.15) is 0 Å². The summed E-state index contributed by atoms with van der Waals surface area (Å²) in [5.74, 6) is 0.151. The maximum Gasteiger partial charge on any atom is 0.178 e. The molecule has 0 aliphatic heterocycles. The zero-order chi connectivity index (χ0) is 10.6. The van der Waals surface area contributed by atoms with Crippen LogP contribution in [-0.2, 0) is 9.84 Å². The smallest absolute Gasteiger partial charge is 0.178 e. The number of hydrogen-bond acceptors (Lipinski definition) is 2. The molecule has 78 valence electrons. The molecule has 1 aromatic carbocycles. The molecular formula is C9H10BrClO2S. The Labute approximate surface area is 97.3 Å². The summed E-state index contributed by atoms with van der Waals surface area (Å²) in [5, 5.41) is 1.14. The number of hydrogen-bond donors (Lipinski definition) is 0. The van der Waals surface area contributed by atoms with Crippen LogP contribution in [0.15, 0.2) is 29.2 Å². The van der Waals surface area contributed by atoms with Crippen molar-refractivity contribution < 1.29 is 8.42 Å². The summed E-state index contributed by atoms with van der Waals surface area (Å²) in [7, 11) is -3.16. The lowest BCUT2D eigenvalue weighted by atomic mass is 10.4. The molecular weight excluding hydrogens is 288 g/mol. The molecule has 0 N–H and O–H groups in total. The summed E-state index contributed by atoms with van der Waals surface area (Å²) in [5.41, 5.74) is 0. The Morgan fingerprint density at radius 3 is 2.64 bits per heavy atom. The SMILES string of the molecule is O=S(=O)(CCCBr)c1cccc(Cl)c1. The van der Waals surface area contributed by atoms with Gasteiger partial charge >= 0.3 is 0 Å². The van der Waals surface area contributed by atoms with Crippen LogP contribution in [0.1, 0.15) is 6.42 Å². The Kier molecular flexibility index (Phi) is 4.41. The zero-order valence-corrected chi connectivity index (χ0v) is 10.6. The Morgan fingerprint density at radius 1 is 1.36 bits per heavy atom. The van der Waals surface area contributed by atoms with E-state index < -0.39 is 9.84 Å². The number of sulfone groups is 1. The number of alkyl halides is 1. The van der Waals surface area contributed by atoms with Crippen LogP contribution in [0.5, 0.6) is 0 Å². The lowest BCUT2D eigenvalue weighted by Crippen LogP contribution is -2.06. The number of rotatable bonds is 4. The third-order valence-corrected chi connectivity index (χ3v) is 4.30. The van der Waals surface area contributed by atoms with E-state index in [0.717, 1.165) is 0 Å². The minimum absolute atomic E-state index is 0.151. The predicted octanol–water partition coefficient (Wildman–Crippen LogP) is 2.90. The average Bonchev–Trinajstić information content (AvgIpc) is 2.15. The molecule has 0 aromatic heterocycles. The molecule has 0 atom stereocenters. The molecule has 1 aromatic rings. The van der Waals surface area contributed by atoms with Crippen molar-refractivity contribution in [1.29, 1.82) is 0 Å². The Bertz CT molecular complexity index is 403. The van der Waals surface area contributed by atoms with Crippen molar-refractivity contribution >= 4 is 37.4 Å². The van der Waals surface area contributed by atoms with Crippen LogP contribution in [0, 0.1) is 0 Å². The normalized spacial score (nSPS) is 11.6. The van der Waals surface area contributed by atoms with Crippen molar-refractivity contribution in [2.24, 2.45) is 0 Å². The molecule has 0 amide bonds. The molecule has 14 heavy (non-hydrogen) atoms. The van der Waals surface area contributed by atoms with Crippen LogP contribution in [0.2, 0.25) is 5.02 Å². The summed E-state index contributed by atoms with van der Waals surface area (Å²) >= 11 is 8.91. The first-order valence-corrected chi connectivity index (χ1v) is 7.26. The van der Waals surface area contributed by atoms with E-state index in [0.29, 0.717) is 21.7 Å². The van der Waals surface area contributed by atoms with Crippen LogP contribution in [0.4, 0.5) is 0 Å². The monoisotopic (exact) mass is 296 g/mol. The molecule has 0 unspecified atom stereocenters. The molecule has 0 spiro atoms. The summed E-state index contributed by atoms with van der Waals surface area (Å²) < 4.78 is 23.3. The standard InChI is InChI=1S/C9H10BrClO2S/c10-5-2-6-14(12,13)9-4-1-3-8(11)7-9/h1,3-4,7H,2,5-6H2. The van der Waals surface area contributed by atoms with Gasteiger partial charge in [0.2, 0.25) is 0 Å². The maximum atomic E-state index is 11.7. The van der Waals surface area contributed by atoms with E-state index in [9.17, 15) is 8.42 Å². The summed E-state index contributed by atoms with van der Waals surface area (Å²) in [6, 6.07) is 6.34. The summed E-state index contributed by atoms with van der Waals surface area (Å²) in [6.07, 6.45) is 0.606. The van der Waals surface area contributed by atoms with Crippen LogP contribution >= 0.6 is 27.5 Å². The van der Waals surface area contributed by atoms with Crippen LogP contribution in [0.3, 0.4) is 0 Å². The average molecular weight is 298 g/mol. The second-order valence-electron chi connectivity index (χ2n) is 2.82. The van der Waals surface area contributed by atoms with Gasteiger partial charge in [-0.3, -0.25) is 0 Å². The van der Waals surface area contributed by atoms with Gasteiger partial charge in [0, 0.05) is 10.4 Å². The Balaban J connectivity index is 2.93. The van der Waals surface area contributed by atoms with Crippen molar-refractivity contribution in [3.63, 3.8) is 0 Å².